The maximum Gasteiger partial charge on any atom is 0.122 e. The molecule has 0 saturated heterocycles. The third-order valence-corrected chi connectivity index (χ3v) is 4.98. The molecule has 1 aromatic heterocycles. The van der Waals surface area contributed by atoms with E-state index in [0.29, 0.717) is 12.0 Å². The number of ether oxygens (including phenoxy) is 1. The van der Waals surface area contributed by atoms with Crippen molar-refractivity contribution in [2.45, 2.75) is 71.6 Å². The SMILES string of the molecule is CCOC(c1ncc(CNC(C)C)s1)C1CCCCC1. The number of aromatic nitrogens is 1. The molecule has 1 N–H and O–H groups in total. The Morgan fingerprint density at radius 2 is 2.10 bits per heavy atom. The van der Waals surface area contributed by atoms with Crippen LogP contribution in [0.2, 0.25) is 0 Å². The van der Waals surface area contributed by atoms with Crippen LogP contribution in [0.25, 0.3) is 0 Å². The average Bonchev–Trinajstić information content (AvgIpc) is 2.92. The summed E-state index contributed by atoms with van der Waals surface area (Å²) in [5, 5.41) is 4.64. The zero-order chi connectivity index (χ0) is 14.4. The predicted octanol–water partition coefficient (Wildman–Crippen LogP) is 4.30. The molecule has 20 heavy (non-hydrogen) atoms. The molecule has 1 aliphatic rings. The van der Waals surface area contributed by atoms with Gasteiger partial charge in [-0.2, -0.15) is 0 Å². The zero-order valence-corrected chi connectivity index (χ0v) is 13.8. The molecule has 1 aromatic rings. The minimum atomic E-state index is 0.220. The first-order chi connectivity index (χ1) is 9.70. The molecule has 0 aromatic carbocycles. The summed E-state index contributed by atoms with van der Waals surface area (Å²) in [5.74, 6) is 0.667. The fourth-order valence-electron chi connectivity index (χ4n) is 2.87. The number of hydrogen-bond donors (Lipinski definition) is 1. The molecule has 1 heterocycles. The van der Waals surface area contributed by atoms with Crippen LogP contribution in [0.5, 0.6) is 0 Å². The minimum absolute atomic E-state index is 0.220. The van der Waals surface area contributed by atoms with Gasteiger partial charge in [0.1, 0.15) is 11.1 Å². The van der Waals surface area contributed by atoms with E-state index in [1.165, 1.54) is 42.0 Å². The zero-order valence-electron chi connectivity index (χ0n) is 13.0. The first-order valence-electron chi connectivity index (χ1n) is 8.00. The van der Waals surface area contributed by atoms with E-state index in [0.717, 1.165) is 13.2 Å². The van der Waals surface area contributed by atoms with Crippen LogP contribution in [0.3, 0.4) is 0 Å². The van der Waals surface area contributed by atoms with E-state index in [1.807, 2.05) is 17.5 Å². The van der Waals surface area contributed by atoms with Crippen LogP contribution < -0.4 is 5.32 Å². The van der Waals surface area contributed by atoms with Gasteiger partial charge in [0.25, 0.3) is 0 Å². The molecule has 0 spiro atoms. The number of thiazole rings is 1. The van der Waals surface area contributed by atoms with Gasteiger partial charge in [-0.3, -0.25) is 0 Å². The van der Waals surface area contributed by atoms with E-state index in [4.69, 9.17) is 4.74 Å². The van der Waals surface area contributed by atoms with E-state index in [-0.39, 0.29) is 6.10 Å². The van der Waals surface area contributed by atoms with Crippen LogP contribution in [0.1, 0.15) is 68.9 Å². The lowest BCUT2D eigenvalue weighted by Gasteiger charge is -2.28. The van der Waals surface area contributed by atoms with E-state index < -0.39 is 0 Å². The Bertz CT molecular complexity index is 386. The lowest BCUT2D eigenvalue weighted by Crippen LogP contribution is -2.21. The van der Waals surface area contributed by atoms with E-state index >= 15 is 0 Å². The lowest BCUT2D eigenvalue weighted by molar-refractivity contribution is 0.00551. The molecule has 0 aliphatic heterocycles. The summed E-state index contributed by atoms with van der Waals surface area (Å²) in [7, 11) is 0. The summed E-state index contributed by atoms with van der Waals surface area (Å²) in [6, 6.07) is 0.515. The third kappa shape index (κ3) is 4.54. The molecule has 0 bridgehead atoms. The standard InChI is InChI=1S/C16H28N2OS/c1-4-19-15(13-8-6-5-7-9-13)16-18-11-14(20-16)10-17-12(2)3/h11-13,15,17H,4-10H2,1-3H3. The van der Waals surface area contributed by atoms with Crippen LogP contribution in [0, 0.1) is 5.92 Å². The van der Waals surface area contributed by atoms with Crippen molar-refractivity contribution in [3.05, 3.63) is 16.1 Å². The van der Waals surface area contributed by atoms with E-state index in [1.54, 1.807) is 0 Å². The smallest absolute Gasteiger partial charge is 0.122 e. The van der Waals surface area contributed by atoms with Crippen molar-refractivity contribution in [1.82, 2.24) is 10.3 Å². The highest BCUT2D eigenvalue weighted by Gasteiger charge is 2.27. The highest BCUT2D eigenvalue weighted by Crippen LogP contribution is 2.38. The van der Waals surface area contributed by atoms with Gasteiger partial charge in [0.15, 0.2) is 0 Å². The molecule has 3 nitrogen and oxygen atoms in total. The van der Waals surface area contributed by atoms with Crippen molar-refractivity contribution < 1.29 is 4.74 Å². The Morgan fingerprint density at radius 3 is 2.75 bits per heavy atom. The second-order valence-corrected chi connectivity index (χ2v) is 7.12. The van der Waals surface area contributed by atoms with Gasteiger partial charge < -0.3 is 10.1 Å². The fourth-order valence-corrected chi connectivity index (χ4v) is 3.88. The maximum atomic E-state index is 6.03. The summed E-state index contributed by atoms with van der Waals surface area (Å²) < 4.78 is 6.03. The van der Waals surface area contributed by atoms with Gasteiger partial charge in [-0.05, 0) is 25.7 Å². The molecule has 0 amide bonds. The Balaban J connectivity index is 2.00. The molecular weight excluding hydrogens is 268 g/mol. The number of rotatable bonds is 7. The fraction of sp³-hybridized carbons (Fsp3) is 0.812. The largest absolute Gasteiger partial charge is 0.371 e. The van der Waals surface area contributed by atoms with E-state index in [9.17, 15) is 0 Å². The van der Waals surface area contributed by atoms with Crippen LogP contribution >= 0.6 is 11.3 Å². The van der Waals surface area contributed by atoms with Gasteiger partial charge >= 0.3 is 0 Å². The molecule has 1 saturated carbocycles. The van der Waals surface area contributed by atoms with Gasteiger partial charge in [-0.25, -0.2) is 4.98 Å². The first kappa shape index (κ1) is 15.9. The molecule has 1 atom stereocenters. The van der Waals surface area contributed by atoms with Gasteiger partial charge in [-0.1, -0.05) is 33.1 Å². The van der Waals surface area contributed by atoms with Crippen molar-refractivity contribution in [1.29, 1.82) is 0 Å². The third-order valence-electron chi connectivity index (χ3n) is 3.92. The molecule has 0 radical (unpaired) electrons. The van der Waals surface area contributed by atoms with Gasteiger partial charge in [-0.15, -0.1) is 11.3 Å². The van der Waals surface area contributed by atoms with Crippen molar-refractivity contribution >= 4 is 11.3 Å². The number of nitrogens with one attached hydrogen (secondary N) is 1. The summed E-state index contributed by atoms with van der Waals surface area (Å²) in [6.07, 6.45) is 8.91. The summed E-state index contributed by atoms with van der Waals surface area (Å²) in [5.41, 5.74) is 0. The molecule has 1 fully saturated rings. The molecule has 4 heteroatoms. The normalized spacial score (nSPS) is 18.6. The Kier molecular flexibility index (Phi) is 6.46. The summed E-state index contributed by atoms with van der Waals surface area (Å²) >= 11 is 1.82. The van der Waals surface area contributed by atoms with Crippen LogP contribution in [-0.2, 0) is 11.3 Å². The summed E-state index contributed by atoms with van der Waals surface area (Å²) in [6.45, 7) is 8.13. The Hall–Kier alpha value is -0.450. The van der Waals surface area contributed by atoms with Gasteiger partial charge in [0.2, 0.25) is 0 Å². The molecule has 114 valence electrons. The number of nitrogens with zero attached hydrogens (tertiary/aromatic N) is 1. The molecule has 1 aliphatic carbocycles. The number of hydrogen-bond acceptors (Lipinski definition) is 4. The highest BCUT2D eigenvalue weighted by molar-refractivity contribution is 7.11. The first-order valence-corrected chi connectivity index (χ1v) is 8.82. The second kappa shape index (κ2) is 8.11. The van der Waals surface area contributed by atoms with Crippen molar-refractivity contribution in [3.8, 4) is 0 Å². The van der Waals surface area contributed by atoms with Crippen LogP contribution in [-0.4, -0.2) is 17.6 Å². The summed E-state index contributed by atoms with van der Waals surface area (Å²) in [4.78, 5) is 5.96. The van der Waals surface area contributed by atoms with E-state index in [2.05, 4.69) is 31.1 Å². The van der Waals surface area contributed by atoms with Crippen molar-refractivity contribution in [3.63, 3.8) is 0 Å². The second-order valence-electron chi connectivity index (χ2n) is 5.97. The predicted molar refractivity (Wildman–Crippen MR) is 85.0 cm³/mol. The maximum absolute atomic E-state index is 6.03. The lowest BCUT2D eigenvalue weighted by atomic mass is 9.85. The van der Waals surface area contributed by atoms with Crippen molar-refractivity contribution in [2.24, 2.45) is 5.92 Å². The van der Waals surface area contributed by atoms with Crippen LogP contribution in [0.15, 0.2) is 6.20 Å². The Labute approximate surface area is 127 Å². The minimum Gasteiger partial charge on any atom is -0.371 e. The van der Waals surface area contributed by atoms with Gasteiger partial charge in [0.05, 0.1) is 0 Å². The van der Waals surface area contributed by atoms with Gasteiger partial charge in [0, 0.05) is 30.3 Å². The monoisotopic (exact) mass is 296 g/mol. The Morgan fingerprint density at radius 1 is 1.35 bits per heavy atom. The molecular formula is C16H28N2OS. The topological polar surface area (TPSA) is 34.1 Å². The van der Waals surface area contributed by atoms with Crippen LogP contribution in [0.4, 0.5) is 0 Å². The molecule has 2 rings (SSSR count). The van der Waals surface area contributed by atoms with Crippen molar-refractivity contribution in [2.75, 3.05) is 6.61 Å². The quantitative estimate of drug-likeness (QED) is 0.814. The molecule has 1 unspecified atom stereocenters. The average molecular weight is 296 g/mol. The highest BCUT2D eigenvalue weighted by atomic mass is 32.1.